The number of carbonyl (C=O) groups is 1. The van der Waals surface area contributed by atoms with Crippen LogP contribution in [0.25, 0.3) is 22.3 Å². The summed E-state index contributed by atoms with van der Waals surface area (Å²) in [4.78, 5) is 32.4. The average molecular weight is 530 g/mol. The fourth-order valence-corrected chi connectivity index (χ4v) is 5.78. The first-order chi connectivity index (χ1) is 17.9. The molecule has 5 heterocycles. The number of aliphatic hydroxyl groups excluding tert-OH is 1. The first-order valence-electron chi connectivity index (χ1n) is 12.5. The van der Waals surface area contributed by atoms with Crippen molar-refractivity contribution in [2.45, 2.75) is 64.0 Å². The average Bonchev–Trinajstić information content (AvgIpc) is 3.24. The van der Waals surface area contributed by atoms with Crippen molar-refractivity contribution >= 4 is 16.9 Å². The van der Waals surface area contributed by atoms with Gasteiger partial charge >= 0.3 is 5.97 Å². The lowest BCUT2D eigenvalue weighted by molar-refractivity contribution is -0.172. The van der Waals surface area contributed by atoms with E-state index in [0.29, 0.717) is 39.0 Å². The molecule has 38 heavy (non-hydrogen) atoms. The maximum atomic E-state index is 14.6. The van der Waals surface area contributed by atoms with Crippen LogP contribution < -0.4 is 5.56 Å². The molecule has 2 aromatic heterocycles. The Morgan fingerprint density at radius 1 is 1.21 bits per heavy atom. The number of β-amino-alcohol motifs (C(OH)–C–C–N with tert-alkyl or cyclic N) is 1. The number of carbonyl (C=O) groups excluding carboxylic acids is 1. The highest BCUT2D eigenvalue weighted by Gasteiger charge is 2.46. The number of rotatable bonds is 3. The van der Waals surface area contributed by atoms with Crippen LogP contribution in [-0.2, 0) is 34.8 Å². The van der Waals surface area contributed by atoms with Gasteiger partial charge in [-0.15, -0.1) is 0 Å². The molecule has 0 aliphatic carbocycles. The number of pyridine rings is 2. The number of aryl methyl sites for hydroxylation is 1. The molecule has 8 nitrogen and oxygen atoms in total. The van der Waals surface area contributed by atoms with E-state index in [1.165, 1.54) is 10.6 Å². The third-order valence-electron chi connectivity index (χ3n) is 8.15. The van der Waals surface area contributed by atoms with Crippen LogP contribution in [0.2, 0.25) is 0 Å². The zero-order valence-corrected chi connectivity index (χ0v) is 20.9. The number of likely N-dealkylation sites (tertiary alicyclic amines) is 1. The van der Waals surface area contributed by atoms with Crippen LogP contribution in [0.15, 0.2) is 23.0 Å². The second kappa shape index (κ2) is 8.36. The number of benzene rings is 1. The minimum atomic E-state index is -3.17. The molecular weight excluding hydrogens is 503 g/mol. The summed E-state index contributed by atoms with van der Waals surface area (Å²) in [6.07, 6.45) is -2.31. The van der Waals surface area contributed by atoms with Gasteiger partial charge in [0, 0.05) is 48.6 Å². The molecule has 3 aliphatic rings. The van der Waals surface area contributed by atoms with E-state index in [2.05, 4.69) is 4.98 Å². The van der Waals surface area contributed by atoms with Gasteiger partial charge in [0.25, 0.3) is 11.5 Å². The number of fused-ring (bicyclic) bond motifs is 5. The lowest BCUT2D eigenvalue weighted by Gasteiger charge is -2.36. The Morgan fingerprint density at radius 3 is 2.68 bits per heavy atom. The zero-order chi connectivity index (χ0) is 27.1. The summed E-state index contributed by atoms with van der Waals surface area (Å²) in [7, 11) is 0. The first-order valence-corrected chi connectivity index (χ1v) is 12.5. The van der Waals surface area contributed by atoms with Crippen molar-refractivity contribution in [2.75, 3.05) is 13.1 Å². The maximum absolute atomic E-state index is 14.6. The van der Waals surface area contributed by atoms with Crippen molar-refractivity contribution < 1.29 is 32.9 Å². The maximum Gasteiger partial charge on any atom is 0.343 e. The fourth-order valence-electron chi connectivity index (χ4n) is 5.78. The number of ether oxygens (including phenoxy) is 1. The Bertz CT molecular complexity index is 1590. The SMILES string of the molecule is CC[C@@]1(O)C(=O)OCc2c1cc1n(c2=O)Cc2c-1nc1cc(F)c(C)cc1c2CN1CCC(F)(F)C(O)C1. The summed E-state index contributed by atoms with van der Waals surface area (Å²) < 4.78 is 49.1. The molecule has 1 unspecified atom stereocenters. The molecule has 2 atom stereocenters. The van der Waals surface area contributed by atoms with Crippen molar-refractivity contribution in [3.63, 3.8) is 0 Å². The Hall–Kier alpha value is -3.28. The van der Waals surface area contributed by atoms with Gasteiger partial charge < -0.3 is 19.5 Å². The molecule has 0 radical (unpaired) electrons. The van der Waals surface area contributed by atoms with Crippen molar-refractivity contribution in [3.05, 3.63) is 62.2 Å². The van der Waals surface area contributed by atoms with Gasteiger partial charge in [-0.2, -0.15) is 0 Å². The topological polar surface area (TPSA) is 105 Å². The molecule has 3 aromatic rings. The molecule has 3 aliphatic heterocycles. The Balaban J connectivity index is 1.55. The molecule has 1 aromatic carbocycles. The van der Waals surface area contributed by atoms with Gasteiger partial charge in [-0.3, -0.25) is 9.69 Å². The molecule has 11 heteroatoms. The molecule has 2 N–H and O–H groups in total. The highest BCUT2D eigenvalue weighted by molar-refractivity contribution is 5.89. The largest absolute Gasteiger partial charge is 0.458 e. The van der Waals surface area contributed by atoms with E-state index in [0.717, 1.165) is 0 Å². The van der Waals surface area contributed by atoms with Crippen molar-refractivity contribution in [1.82, 2.24) is 14.5 Å². The molecule has 0 saturated carbocycles. The Labute approximate surface area is 215 Å². The summed E-state index contributed by atoms with van der Waals surface area (Å²) in [6, 6.07) is 4.53. The number of piperidine rings is 1. The molecule has 1 fully saturated rings. The highest BCUT2D eigenvalue weighted by atomic mass is 19.3. The summed E-state index contributed by atoms with van der Waals surface area (Å²) in [5, 5.41) is 21.7. The normalized spacial score (nSPS) is 24.2. The second-order valence-electron chi connectivity index (χ2n) is 10.4. The molecule has 0 amide bonds. The number of aromatic nitrogens is 2. The third kappa shape index (κ3) is 3.52. The van der Waals surface area contributed by atoms with E-state index in [4.69, 9.17) is 4.74 Å². The molecule has 200 valence electrons. The van der Waals surface area contributed by atoms with Gasteiger partial charge in [-0.05, 0) is 36.6 Å². The minimum absolute atomic E-state index is 0.00259. The van der Waals surface area contributed by atoms with E-state index < -0.39 is 41.4 Å². The van der Waals surface area contributed by atoms with Crippen LogP contribution in [0.5, 0.6) is 0 Å². The summed E-state index contributed by atoms with van der Waals surface area (Å²) in [5.41, 5.74) is 0.789. The molecular formula is C27H26F3N3O5. The monoisotopic (exact) mass is 529 g/mol. The quantitative estimate of drug-likeness (QED) is 0.394. The number of alkyl halides is 2. The summed E-state index contributed by atoms with van der Waals surface area (Å²) in [6.45, 7) is 3.08. The molecule has 0 spiro atoms. The second-order valence-corrected chi connectivity index (χ2v) is 10.4. The Kier molecular flexibility index (Phi) is 5.50. The summed E-state index contributed by atoms with van der Waals surface area (Å²) >= 11 is 0. The Morgan fingerprint density at radius 2 is 1.97 bits per heavy atom. The van der Waals surface area contributed by atoms with Crippen LogP contribution in [-0.4, -0.2) is 55.7 Å². The van der Waals surface area contributed by atoms with Crippen LogP contribution in [0.4, 0.5) is 13.2 Å². The molecule has 1 saturated heterocycles. The smallest absolute Gasteiger partial charge is 0.343 e. The van der Waals surface area contributed by atoms with E-state index in [1.54, 1.807) is 30.9 Å². The highest BCUT2D eigenvalue weighted by Crippen LogP contribution is 2.41. The minimum Gasteiger partial charge on any atom is -0.458 e. The van der Waals surface area contributed by atoms with Gasteiger partial charge in [0.2, 0.25) is 0 Å². The zero-order valence-electron chi connectivity index (χ0n) is 20.9. The third-order valence-corrected chi connectivity index (χ3v) is 8.15. The van der Waals surface area contributed by atoms with Crippen molar-refractivity contribution in [3.8, 4) is 11.4 Å². The van der Waals surface area contributed by atoms with Crippen LogP contribution in [0, 0.1) is 12.7 Å². The predicted molar refractivity (Wildman–Crippen MR) is 130 cm³/mol. The van der Waals surface area contributed by atoms with E-state index in [-0.39, 0.29) is 50.3 Å². The van der Waals surface area contributed by atoms with Gasteiger partial charge in [0.1, 0.15) is 18.5 Å². The predicted octanol–water partition coefficient (Wildman–Crippen LogP) is 2.73. The van der Waals surface area contributed by atoms with Gasteiger partial charge in [0.15, 0.2) is 5.60 Å². The van der Waals surface area contributed by atoms with Crippen molar-refractivity contribution in [1.29, 1.82) is 0 Å². The molecule has 6 rings (SSSR count). The van der Waals surface area contributed by atoms with Crippen LogP contribution in [0.1, 0.15) is 47.6 Å². The van der Waals surface area contributed by atoms with E-state index in [1.807, 2.05) is 0 Å². The number of hydrogen-bond donors (Lipinski definition) is 2. The fraction of sp³-hybridized carbons (Fsp3) is 0.444. The summed E-state index contributed by atoms with van der Waals surface area (Å²) in [5.74, 6) is -4.47. The van der Waals surface area contributed by atoms with Gasteiger partial charge in [-0.25, -0.2) is 22.9 Å². The first kappa shape index (κ1) is 25.0. The number of cyclic esters (lactones) is 1. The van der Waals surface area contributed by atoms with Crippen LogP contribution >= 0.6 is 0 Å². The van der Waals surface area contributed by atoms with E-state index >= 15 is 0 Å². The van der Waals surface area contributed by atoms with Crippen LogP contribution in [0.3, 0.4) is 0 Å². The van der Waals surface area contributed by atoms with Gasteiger partial charge in [-0.1, -0.05) is 6.92 Å². The number of nitrogens with zero attached hydrogens (tertiary/aromatic N) is 3. The number of aliphatic hydroxyl groups is 2. The van der Waals surface area contributed by atoms with Gasteiger partial charge in [0.05, 0.1) is 29.0 Å². The number of hydrogen-bond acceptors (Lipinski definition) is 7. The molecule has 0 bridgehead atoms. The number of halogens is 3. The number of esters is 1. The lowest BCUT2D eigenvalue weighted by Crippen LogP contribution is -2.50. The van der Waals surface area contributed by atoms with Crippen molar-refractivity contribution in [2.24, 2.45) is 0 Å². The lowest BCUT2D eigenvalue weighted by atomic mass is 9.86. The standard InChI is InChI=1S/C27H26F3N3O5/c1-3-26(37)18-7-21-23-16(10-33(21)24(35)17(18)12-38-25(26)36)15(9-32-5-4-27(29,30)22(34)11-32)14-6-13(2)19(28)8-20(14)31-23/h6-8,22,34,37H,3-5,9-12H2,1-2H3/t22?,26-/m0/s1. The van der Waals surface area contributed by atoms with E-state index in [9.17, 15) is 33.0 Å².